The molecule has 0 heterocycles. The minimum atomic E-state index is -0.310. The zero-order valence-electron chi connectivity index (χ0n) is 6.70. The molecule has 1 rings (SSSR count). The van der Waals surface area contributed by atoms with Crippen molar-refractivity contribution < 1.29 is 14.9 Å². The average Bonchev–Trinajstić information content (AvgIpc) is 2.03. The van der Waals surface area contributed by atoms with Gasteiger partial charge in [0.15, 0.2) is 0 Å². The molecule has 0 aromatic carbocycles. The molecule has 1 aliphatic rings. The van der Waals surface area contributed by atoms with E-state index in [4.69, 9.17) is 9.84 Å². The van der Waals surface area contributed by atoms with Crippen LogP contribution in [0.4, 0.5) is 0 Å². The quantitative estimate of drug-likeness (QED) is 0.624. The molecule has 0 saturated heterocycles. The van der Waals surface area contributed by atoms with Gasteiger partial charge in [-0.05, 0) is 12.8 Å². The van der Waals surface area contributed by atoms with Crippen molar-refractivity contribution in [2.75, 3.05) is 13.2 Å². The van der Waals surface area contributed by atoms with E-state index in [2.05, 4.69) is 0 Å². The first-order chi connectivity index (χ1) is 5.34. The van der Waals surface area contributed by atoms with Crippen LogP contribution in [0.1, 0.15) is 25.7 Å². The Kier molecular flexibility index (Phi) is 3.83. The predicted molar refractivity (Wildman–Crippen MR) is 41.3 cm³/mol. The molecule has 2 N–H and O–H groups in total. The third-order valence-electron chi connectivity index (χ3n) is 2.09. The molecule has 0 aromatic heterocycles. The van der Waals surface area contributed by atoms with E-state index in [0.717, 1.165) is 25.7 Å². The van der Waals surface area contributed by atoms with E-state index in [1.807, 2.05) is 0 Å². The van der Waals surface area contributed by atoms with Gasteiger partial charge >= 0.3 is 0 Å². The lowest BCUT2D eigenvalue weighted by Gasteiger charge is -2.27. The van der Waals surface area contributed by atoms with Crippen molar-refractivity contribution in [2.45, 2.75) is 37.9 Å². The second kappa shape index (κ2) is 4.70. The summed E-state index contributed by atoms with van der Waals surface area (Å²) in [7, 11) is 0. The third-order valence-corrected chi connectivity index (χ3v) is 2.09. The number of aliphatic hydroxyl groups excluding tert-OH is 2. The number of ether oxygens (including phenoxy) is 1. The van der Waals surface area contributed by atoms with Gasteiger partial charge in [-0.2, -0.15) is 0 Å². The van der Waals surface area contributed by atoms with Crippen LogP contribution in [0.15, 0.2) is 0 Å². The van der Waals surface area contributed by atoms with Crippen LogP contribution in [0.2, 0.25) is 0 Å². The van der Waals surface area contributed by atoms with Crippen molar-refractivity contribution in [1.82, 2.24) is 0 Å². The van der Waals surface area contributed by atoms with Crippen molar-refractivity contribution in [2.24, 2.45) is 0 Å². The van der Waals surface area contributed by atoms with Crippen LogP contribution in [0.3, 0.4) is 0 Å². The molecule has 0 radical (unpaired) electrons. The smallest absolute Gasteiger partial charge is 0.0835 e. The molecule has 1 saturated carbocycles. The Morgan fingerprint density at radius 1 is 1.27 bits per heavy atom. The lowest BCUT2D eigenvalue weighted by molar-refractivity contribution is -0.0666. The summed E-state index contributed by atoms with van der Waals surface area (Å²) in [4.78, 5) is 0. The van der Waals surface area contributed by atoms with Gasteiger partial charge < -0.3 is 14.9 Å². The highest BCUT2D eigenvalue weighted by atomic mass is 16.5. The number of aliphatic hydroxyl groups is 2. The van der Waals surface area contributed by atoms with Crippen LogP contribution in [0.25, 0.3) is 0 Å². The second-order valence-corrected chi connectivity index (χ2v) is 2.98. The first-order valence-corrected chi connectivity index (χ1v) is 4.25. The highest BCUT2D eigenvalue weighted by Crippen LogP contribution is 2.20. The molecular formula is C8H16O3. The Labute approximate surface area is 67.0 Å². The number of hydrogen-bond acceptors (Lipinski definition) is 3. The summed E-state index contributed by atoms with van der Waals surface area (Å²) in [5.74, 6) is 0. The normalized spacial score (nSPS) is 32.2. The molecule has 0 bridgehead atoms. The van der Waals surface area contributed by atoms with Gasteiger partial charge in [0.1, 0.15) is 0 Å². The molecule has 0 aromatic rings. The summed E-state index contributed by atoms with van der Waals surface area (Å²) in [6.07, 6.45) is 3.66. The number of rotatable bonds is 3. The molecule has 3 heteroatoms. The Morgan fingerprint density at radius 3 is 2.64 bits per heavy atom. The number of hydrogen-bond donors (Lipinski definition) is 2. The molecule has 2 atom stereocenters. The zero-order chi connectivity index (χ0) is 8.10. The minimum absolute atomic E-state index is 0.0316. The largest absolute Gasteiger partial charge is 0.394 e. The summed E-state index contributed by atoms with van der Waals surface area (Å²) in [6.45, 7) is 0.394. The lowest BCUT2D eigenvalue weighted by atomic mass is 9.95. The maximum Gasteiger partial charge on any atom is 0.0835 e. The first kappa shape index (κ1) is 8.97. The summed E-state index contributed by atoms with van der Waals surface area (Å²) in [5, 5.41) is 17.9. The monoisotopic (exact) mass is 160 g/mol. The lowest BCUT2D eigenvalue weighted by Crippen LogP contribution is -2.32. The topological polar surface area (TPSA) is 49.7 Å². The zero-order valence-corrected chi connectivity index (χ0v) is 6.70. The Morgan fingerprint density at radius 2 is 2.00 bits per heavy atom. The van der Waals surface area contributed by atoms with Crippen molar-refractivity contribution in [3.63, 3.8) is 0 Å². The van der Waals surface area contributed by atoms with Gasteiger partial charge in [-0.3, -0.25) is 0 Å². The van der Waals surface area contributed by atoms with Crippen molar-refractivity contribution >= 4 is 0 Å². The molecule has 0 spiro atoms. The molecule has 0 unspecified atom stereocenters. The molecule has 3 nitrogen and oxygen atoms in total. The van der Waals surface area contributed by atoms with Crippen molar-refractivity contribution in [3.05, 3.63) is 0 Å². The van der Waals surface area contributed by atoms with Crippen LogP contribution in [-0.4, -0.2) is 35.6 Å². The fourth-order valence-electron chi connectivity index (χ4n) is 1.48. The van der Waals surface area contributed by atoms with E-state index in [9.17, 15) is 5.11 Å². The average molecular weight is 160 g/mol. The molecule has 66 valence electrons. The Bertz CT molecular complexity index is 106. The summed E-state index contributed by atoms with van der Waals surface area (Å²) in [6, 6.07) is 0. The van der Waals surface area contributed by atoms with Gasteiger partial charge in [0.2, 0.25) is 0 Å². The molecule has 1 aliphatic carbocycles. The standard InChI is InChI=1S/C8H16O3/c9-5-6-11-8-4-2-1-3-7(8)10/h7-10H,1-6H2/t7-,8-/m0/s1. The molecule has 0 amide bonds. The van der Waals surface area contributed by atoms with Crippen LogP contribution in [0.5, 0.6) is 0 Å². The molecular weight excluding hydrogens is 144 g/mol. The maximum atomic E-state index is 9.39. The van der Waals surface area contributed by atoms with E-state index in [1.165, 1.54) is 0 Å². The molecule has 11 heavy (non-hydrogen) atoms. The SMILES string of the molecule is OCCO[C@H]1CCCC[C@@H]1O. The summed E-state index contributed by atoms with van der Waals surface area (Å²) in [5.41, 5.74) is 0. The molecule has 0 aliphatic heterocycles. The van der Waals surface area contributed by atoms with Crippen molar-refractivity contribution in [3.8, 4) is 0 Å². The van der Waals surface area contributed by atoms with Crippen LogP contribution >= 0.6 is 0 Å². The van der Waals surface area contributed by atoms with E-state index in [-0.39, 0.29) is 18.8 Å². The highest BCUT2D eigenvalue weighted by Gasteiger charge is 2.22. The van der Waals surface area contributed by atoms with Crippen LogP contribution in [0, 0.1) is 0 Å². The highest BCUT2D eigenvalue weighted by molar-refractivity contribution is 4.74. The Hall–Kier alpha value is -0.120. The Balaban J connectivity index is 2.18. The van der Waals surface area contributed by atoms with Crippen molar-refractivity contribution in [1.29, 1.82) is 0 Å². The van der Waals surface area contributed by atoms with E-state index >= 15 is 0 Å². The van der Waals surface area contributed by atoms with E-state index < -0.39 is 0 Å². The van der Waals surface area contributed by atoms with Crippen LogP contribution in [-0.2, 0) is 4.74 Å². The minimum Gasteiger partial charge on any atom is -0.394 e. The van der Waals surface area contributed by atoms with Gasteiger partial charge in [0, 0.05) is 0 Å². The van der Waals surface area contributed by atoms with Gasteiger partial charge in [-0.25, -0.2) is 0 Å². The van der Waals surface area contributed by atoms with Gasteiger partial charge in [0.05, 0.1) is 25.4 Å². The summed E-state index contributed by atoms with van der Waals surface area (Å²) < 4.78 is 5.24. The maximum absolute atomic E-state index is 9.39. The van der Waals surface area contributed by atoms with E-state index in [1.54, 1.807) is 0 Å². The molecule has 1 fully saturated rings. The second-order valence-electron chi connectivity index (χ2n) is 2.98. The summed E-state index contributed by atoms with van der Waals surface area (Å²) >= 11 is 0. The van der Waals surface area contributed by atoms with Gasteiger partial charge in [-0.1, -0.05) is 12.8 Å². The predicted octanol–water partition coefficient (Wildman–Crippen LogP) is 0.299. The van der Waals surface area contributed by atoms with Crippen LogP contribution < -0.4 is 0 Å². The van der Waals surface area contributed by atoms with Gasteiger partial charge in [-0.15, -0.1) is 0 Å². The fraction of sp³-hybridized carbons (Fsp3) is 1.00. The first-order valence-electron chi connectivity index (χ1n) is 4.25. The fourth-order valence-corrected chi connectivity index (χ4v) is 1.48. The third kappa shape index (κ3) is 2.77. The van der Waals surface area contributed by atoms with E-state index in [0.29, 0.717) is 6.61 Å². The van der Waals surface area contributed by atoms with Gasteiger partial charge in [0.25, 0.3) is 0 Å².